The molecule has 1 aromatic rings. The molecule has 0 aromatic carbocycles. The largest absolute Gasteiger partial charge is 0.463 e. The van der Waals surface area contributed by atoms with Gasteiger partial charge in [0.2, 0.25) is 5.76 Å². The van der Waals surface area contributed by atoms with Crippen molar-refractivity contribution in [2.45, 2.75) is 39.3 Å². The molecule has 5 nitrogen and oxygen atoms in total. The third-order valence-corrected chi connectivity index (χ3v) is 3.27. The number of hydrogen-bond donors (Lipinski definition) is 1. The first-order valence-electron chi connectivity index (χ1n) is 7.42. The fraction of sp³-hybridized carbons (Fsp3) is 0.688. The predicted molar refractivity (Wildman–Crippen MR) is 83.4 cm³/mol. The highest BCUT2D eigenvalue weighted by Gasteiger charge is 2.19. The van der Waals surface area contributed by atoms with Gasteiger partial charge in [0.1, 0.15) is 5.76 Å². The van der Waals surface area contributed by atoms with Crippen molar-refractivity contribution in [3.8, 4) is 0 Å². The van der Waals surface area contributed by atoms with Gasteiger partial charge in [0.15, 0.2) is 0 Å². The quantitative estimate of drug-likeness (QED) is 0.748. The maximum absolute atomic E-state index is 11.4. The highest BCUT2D eigenvalue weighted by atomic mass is 16.5. The van der Waals surface area contributed by atoms with Gasteiger partial charge >= 0.3 is 5.97 Å². The van der Waals surface area contributed by atoms with Crippen LogP contribution in [-0.4, -0.2) is 44.7 Å². The second-order valence-corrected chi connectivity index (χ2v) is 6.17. The van der Waals surface area contributed by atoms with Gasteiger partial charge < -0.3 is 19.4 Å². The van der Waals surface area contributed by atoms with Gasteiger partial charge in [0, 0.05) is 12.6 Å². The van der Waals surface area contributed by atoms with Crippen LogP contribution in [0.4, 0.5) is 0 Å². The second kappa shape index (κ2) is 8.20. The van der Waals surface area contributed by atoms with Crippen molar-refractivity contribution < 1.29 is 13.9 Å². The van der Waals surface area contributed by atoms with Gasteiger partial charge in [-0.15, -0.1) is 0 Å². The molecule has 5 heteroatoms. The molecule has 0 aliphatic rings. The average Bonchev–Trinajstić information content (AvgIpc) is 2.85. The van der Waals surface area contributed by atoms with E-state index in [0.717, 1.165) is 18.7 Å². The van der Waals surface area contributed by atoms with E-state index in [1.807, 2.05) is 13.0 Å². The summed E-state index contributed by atoms with van der Waals surface area (Å²) >= 11 is 0. The lowest BCUT2D eigenvalue weighted by Crippen LogP contribution is -2.40. The summed E-state index contributed by atoms with van der Waals surface area (Å²) in [4.78, 5) is 13.6. The maximum Gasteiger partial charge on any atom is 0.373 e. The Morgan fingerprint density at radius 2 is 2.00 bits per heavy atom. The molecule has 0 spiro atoms. The van der Waals surface area contributed by atoms with Crippen molar-refractivity contribution >= 4 is 5.97 Å². The van der Waals surface area contributed by atoms with Crippen LogP contribution >= 0.6 is 0 Å². The first kappa shape index (κ1) is 17.7. The number of esters is 1. The number of nitrogens with one attached hydrogen (secondary N) is 1. The van der Waals surface area contributed by atoms with Gasteiger partial charge in [-0.3, -0.25) is 0 Å². The topological polar surface area (TPSA) is 54.7 Å². The summed E-state index contributed by atoms with van der Waals surface area (Å²) in [6.07, 6.45) is 1.09. The molecule has 1 heterocycles. The smallest absolute Gasteiger partial charge is 0.373 e. The fourth-order valence-electron chi connectivity index (χ4n) is 2.44. The summed E-state index contributed by atoms with van der Waals surface area (Å²) in [7, 11) is 5.49. The SMILES string of the molecule is COC(=O)c1ccc(C(C)NC(CC(C)C)CN(C)C)o1. The number of rotatable bonds is 8. The first-order chi connectivity index (χ1) is 9.83. The summed E-state index contributed by atoms with van der Waals surface area (Å²) in [5.41, 5.74) is 0. The van der Waals surface area contributed by atoms with Crippen LogP contribution in [0.25, 0.3) is 0 Å². The average molecular weight is 296 g/mol. The van der Waals surface area contributed by atoms with Gasteiger partial charge in [-0.1, -0.05) is 13.8 Å². The van der Waals surface area contributed by atoms with Crippen molar-refractivity contribution in [1.82, 2.24) is 10.2 Å². The van der Waals surface area contributed by atoms with Crippen molar-refractivity contribution in [3.05, 3.63) is 23.7 Å². The molecule has 0 aliphatic heterocycles. The summed E-state index contributed by atoms with van der Waals surface area (Å²) in [6.45, 7) is 7.45. The molecule has 1 aromatic heterocycles. The minimum atomic E-state index is -0.444. The number of ether oxygens (including phenoxy) is 1. The molecule has 0 amide bonds. The van der Waals surface area contributed by atoms with E-state index in [1.165, 1.54) is 7.11 Å². The molecule has 21 heavy (non-hydrogen) atoms. The lowest BCUT2D eigenvalue weighted by atomic mass is 10.0. The van der Waals surface area contributed by atoms with E-state index in [0.29, 0.717) is 12.0 Å². The van der Waals surface area contributed by atoms with E-state index >= 15 is 0 Å². The second-order valence-electron chi connectivity index (χ2n) is 6.17. The highest BCUT2D eigenvalue weighted by molar-refractivity contribution is 5.86. The number of nitrogens with zero attached hydrogens (tertiary/aromatic N) is 1. The Kier molecular flexibility index (Phi) is 6.92. The zero-order valence-corrected chi connectivity index (χ0v) is 14.0. The number of furan rings is 1. The standard InChI is InChI=1S/C16H28N2O3/c1-11(2)9-13(10-18(4)5)17-12(3)14-7-8-15(21-14)16(19)20-6/h7-8,11-13,17H,9-10H2,1-6H3. The fourth-order valence-corrected chi connectivity index (χ4v) is 2.44. The zero-order valence-electron chi connectivity index (χ0n) is 14.0. The van der Waals surface area contributed by atoms with Crippen LogP contribution in [0.3, 0.4) is 0 Å². The summed E-state index contributed by atoms with van der Waals surface area (Å²) in [6, 6.07) is 3.91. The van der Waals surface area contributed by atoms with E-state index in [1.54, 1.807) is 6.07 Å². The molecule has 0 saturated carbocycles. The molecule has 0 aliphatic carbocycles. The van der Waals surface area contributed by atoms with Crippen LogP contribution in [-0.2, 0) is 4.74 Å². The Bertz CT molecular complexity index is 430. The van der Waals surface area contributed by atoms with Crippen molar-refractivity contribution in [3.63, 3.8) is 0 Å². The van der Waals surface area contributed by atoms with Gasteiger partial charge in [-0.05, 0) is 45.5 Å². The molecule has 0 radical (unpaired) electrons. The normalized spacial score (nSPS) is 14.5. The molecule has 0 bridgehead atoms. The van der Waals surface area contributed by atoms with Crippen molar-refractivity contribution in [2.24, 2.45) is 5.92 Å². The van der Waals surface area contributed by atoms with Crippen LogP contribution < -0.4 is 5.32 Å². The monoisotopic (exact) mass is 296 g/mol. The molecule has 1 N–H and O–H groups in total. The Morgan fingerprint density at radius 1 is 1.33 bits per heavy atom. The molecule has 120 valence electrons. The number of carbonyl (C=O) groups is 1. The Hall–Kier alpha value is -1.33. The summed E-state index contributed by atoms with van der Waals surface area (Å²) in [5.74, 6) is 1.18. The van der Waals surface area contributed by atoms with Crippen LogP contribution in [0, 0.1) is 5.92 Å². The van der Waals surface area contributed by atoms with E-state index < -0.39 is 5.97 Å². The molecule has 0 saturated heterocycles. The Balaban J connectivity index is 2.69. The van der Waals surface area contributed by atoms with E-state index in [4.69, 9.17) is 4.42 Å². The van der Waals surface area contributed by atoms with Crippen LogP contribution in [0.1, 0.15) is 49.5 Å². The molecular weight excluding hydrogens is 268 g/mol. The van der Waals surface area contributed by atoms with Gasteiger partial charge in [-0.25, -0.2) is 4.79 Å². The first-order valence-corrected chi connectivity index (χ1v) is 7.42. The van der Waals surface area contributed by atoms with E-state index in [2.05, 4.69) is 42.9 Å². The molecular formula is C16H28N2O3. The number of likely N-dealkylation sites (N-methyl/N-ethyl adjacent to an activating group) is 1. The number of carbonyl (C=O) groups excluding carboxylic acids is 1. The molecule has 2 atom stereocenters. The van der Waals surface area contributed by atoms with Crippen LogP contribution in [0.15, 0.2) is 16.5 Å². The van der Waals surface area contributed by atoms with Crippen molar-refractivity contribution in [1.29, 1.82) is 0 Å². The Morgan fingerprint density at radius 3 is 2.52 bits per heavy atom. The van der Waals surface area contributed by atoms with E-state index in [9.17, 15) is 4.79 Å². The third-order valence-electron chi connectivity index (χ3n) is 3.27. The van der Waals surface area contributed by atoms with Gasteiger partial charge in [0.25, 0.3) is 0 Å². The minimum Gasteiger partial charge on any atom is -0.463 e. The Labute approximate surface area is 127 Å². The van der Waals surface area contributed by atoms with E-state index in [-0.39, 0.29) is 11.8 Å². The van der Waals surface area contributed by atoms with Gasteiger partial charge in [0.05, 0.1) is 13.2 Å². The predicted octanol–water partition coefficient (Wildman–Crippen LogP) is 2.69. The highest BCUT2D eigenvalue weighted by Crippen LogP contribution is 2.19. The molecule has 2 unspecified atom stereocenters. The van der Waals surface area contributed by atoms with Crippen LogP contribution in [0.2, 0.25) is 0 Å². The number of hydrogen-bond acceptors (Lipinski definition) is 5. The summed E-state index contributed by atoms with van der Waals surface area (Å²) in [5, 5.41) is 3.58. The third kappa shape index (κ3) is 5.89. The lowest BCUT2D eigenvalue weighted by Gasteiger charge is -2.26. The van der Waals surface area contributed by atoms with Crippen molar-refractivity contribution in [2.75, 3.05) is 27.7 Å². The maximum atomic E-state index is 11.4. The van der Waals surface area contributed by atoms with Gasteiger partial charge in [-0.2, -0.15) is 0 Å². The molecule has 0 fully saturated rings. The zero-order chi connectivity index (χ0) is 16.0. The minimum absolute atomic E-state index is 0.0482. The van der Waals surface area contributed by atoms with Crippen LogP contribution in [0.5, 0.6) is 0 Å². The lowest BCUT2D eigenvalue weighted by molar-refractivity contribution is 0.0562. The molecule has 1 rings (SSSR count). The number of methoxy groups -OCH3 is 1. The summed E-state index contributed by atoms with van der Waals surface area (Å²) < 4.78 is 10.2.